The number of aliphatic hydroxyl groups is 1. The summed E-state index contributed by atoms with van der Waals surface area (Å²) in [5, 5.41) is 10.5. The maximum absolute atomic E-state index is 12.5. The number of hydrogen-bond acceptors (Lipinski definition) is 3. The molecule has 2 heterocycles. The minimum atomic E-state index is -0.679. The van der Waals surface area contributed by atoms with Gasteiger partial charge in [-0.15, -0.1) is 0 Å². The van der Waals surface area contributed by atoms with Gasteiger partial charge in [0, 0.05) is 24.7 Å². The van der Waals surface area contributed by atoms with Crippen LogP contribution in [0.15, 0.2) is 6.33 Å². The molecule has 1 saturated heterocycles. The van der Waals surface area contributed by atoms with E-state index >= 15 is 0 Å². The number of amides is 1. The lowest BCUT2D eigenvalue weighted by Crippen LogP contribution is -2.52. The number of carbonyl (C=O) groups excluding carboxylic acids is 1. The Kier molecular flexibility index (Phi) is 4.18. The van der Waals surface area contributed by atoms with E-state index < -0.39 is 5.60 Å². The fourth-order valence-corrected chi connectivity index (χ4v) is 2.93. The summed E-state index contributed by atoms with van der Waals surface area (Å²) in [6.45, 7) is 9.24. The Morgan fingerprint density at radius 1 is 1.65 bits per heavy atom. The van der Waals surface area contributed by atoms with E-state index in [4.69, 9.17) is 0 Å². The van der Waals surface area contributed by atoms with Gasteiger partial charge in [-0.25, -0.2) is 4.98 Å². The molecule has 0 saturated carbocycles. The molecular formula is C15H25N3O2. The van der Waals surface area contributed by atoms with Gasteiger partial charge < -0.3 is 15.0 Å². The molecule has 0 bridgehead atoms. The first kappa shape index (κ1) is 15.0. The highest BCUT2D eigenvalue weighted by Gasteiger charge is 2.39. The Labute approximate surface area is 120 Å². The maximum Gasteiger partial charge on any atom is 0.274 e. The molecule has 20 heavy (non-hydrogen) atoms. The van der Waals surface area contributed by atoms with E-state index in [9.17, 15) is 9.90 Å². The highest BCUT2D eigenvalue weighted by atomic mass is 16.3. The number of nitrogens with zero attached hydrogens (tertiary/aromatic N) is 2. The minimum absolute atomic E-state index is 0.0343. The Hall–Kier alpha value is -1.36. The predicted octanol–water partition coefficient (Wildman–Crippen LogP) is 1.98. The average Bonchev–Trinajstić information content (AvgIpc) is 2.77. The van der Waals surface area contributed by atoms with Crippen LogP contribution in [-0.2, 0) is 0 Å². The number of rotatable bonds is 3. The number of likely N-dealkylation sites (tertiary alicyclic amines) is 1. The van der Waals surface area contributed by atoms with E-state index in [1.54, 1.807) is 6.33 Å². The molecule has 1 fully saturated rings. The Morgan fingerprint density at radius 2 is 2.35 bits per heavy atom. The van der Waals surface area contributed by atoms with Crippen LogP contribution in [0.2, 0.25) is 0 Å². The van der Waals surface area contributed by atoms with Crippen LogP contribution in [0.5, 0.6) is 0 Å². The van der Waals surface area contributed by atoms with Crippen molar-refractivity contribution in [3.63, 3.8) is 0 Å². The van der Waals surface area contributed by atoms with E-state index in [0.717, 1.165) is 12.1 Å². The molecule has 112 valence electrons. The quantitative estimate of drug-likeness (QED) is 0.889. The fourth-order valence-electron chi connectivity index (χ4n) is 2.93. The van der Waals surface area contributed by atoms with Crippen LogP contribution in [0.1, 0.15) is 49.8 Å². The van der Waals surface area contributed by atoms with E-state index in [0.29, 0.717) is 31.1 Å². The average molecular weight is 279 g/mol. The number of carbonyl (C=O) groups is 1. The molecule has 2 N–H and O–H groups in total. The Balaban J connectivity index is 2.11. The summed E-state index contributed by atoms with van der Waals surface area (Å²) in [6.07, 6.45) is 3.10. The van der Waals surface area contributed by atoms with Gasteiger partial charge in [-0.1, -0.05) is 13.8 Å². The zero-order valence-electron chi connectivity index (χ0n) is 12.8. The van der Waals surface area contributed by atoms with Crippen molar-refractivity contribution in [3.8, 4) is 0 Å². The number of hydrogen-bond donors (Lipinski definition) is 2. The molecule has 0 unspecified atom stereocenters. The molecule has 0 aliphatic carbocycles. The first-order valence-corrected chi connectivity index (χ1v) is 7.33. The zero-order chi connectivity index (χ0) is 14.9. The van der Waals surface area contributed by atoms with E-state index in [2.05, 4.69) is 23.8 Å². The Bertz CT molecular complexity index is 479. The van der Waals surface area contributed by atoms with Crippen LogP contribution in [0.3, 0.4) is 0 Å². The van der Waals surface area contributed by atoms with Crippen LogP contribution in [0.25, 0.3) is 0 Å². The van der Waals surface area contributed by atoms with Crippen molar-refractivity contribution in [3.05, 3.63) is 17.7 Å². The van der Waals surface area contributed by atoms with E-state index in [-0.39, 0.29) is 11.8 Å². The van der Waals surface area contributed by atoms with Gasteiger partial charge in [0.15, 0.2) is 0 Å². The van der Waals surface area contributed by atoms with E-state index in [1.807, 2.05) is 18.7 Å². The number of aryl methyl sites for hydroxylation is 1. The third kappa shape index (κ3) is 3.03. The monoisotopic (exact) mass is 279 g/mol. The van der Waals surface area contributed by atoms with Gasteiger partial charge in [0.1, 0.15) is 5.69 Å². The highest BCUT2D eigenvalue weighted by molar-refractivity contribution is 5.93. The summed E-state index contributed by atoms with van der Waals surface area (Å²) >= 11 is 0. The molecule has 1 aromatic rings. The zero-order valence-corrected chi connectivity index (χ0v) is 12.8. The van der Waals surface area contributed by atoms with Crippen molar-refractivity contribution in [1.29, 1.82) is 0 Å². The largest absolute Gasteiger partial charge is 0.390 e. The van der Waals surface area contributed by atoms with Crippen molar-refractivity contribution in [2.24, 2.45) is 11.8 Å². The summed E-state index contributed by atoms with van der Waals surface area (Å²) in [4.78, 5) is 21.4. The molecule has 0 spiro atoms. The van der Waals surface area contributed by atoms with Crippen LogP contribution < -0.4 is 0 Å². The fraction of sp³-hybridized carbons (Fsp3) is 0.733. The molecule has 5 heteroatoms. The molecule has 0 radical (unpaired) electrons. The van der Waals surface area contributed by atoms with Crippen molar-refractivity contribution in [2.75, 3.05) is 13.1 Å². The minimum Gasteiger partial charge on any atom is -0.390 e. The van der Waals surface area contributed by atoms with Gasteiger partial charge in [-0.2, -0.15) is 0 Å². The molecule has 2 rings (SSSR count). The normalized spacial score (nSPS) is 27.1. The van der Waals surface area contributed by atoms with Crippen LogP contribution in [0, 0.1) is 18.8 Å². The topological polar surface area (TPSA) is 69.2 Å². The molecule has 1 aromatic heterocycles. The number of piperidine rings is 1. The molecule has 0 aromatic carbocycles. The Morgan fingerprint density at radius 3 is 2.90 bits per heavy atom. The molecule has 1 amide bonds. The molecule has 1 aliphatic rings. The highest BCUT2D eigenvalue weighted by Crippen LogP contribution is 2.32. The summed E-state index contributed by atoms with van der Waals surface area (Å²) in [7, 11) is 0. The van der Waals surface area contributed by atoms with Crippen molar-refractivity contribution >= 4 is 5.91 Å². The number of aromatic amines is 1. The number of aromatic nitrogens is 2. The lowest BCUT2D eigenvalue weighted by Gasteiger charge is -2.43. The van der Waals surface area contributed by atoms with Crippen molar-refractivity contribution in [2.45, 2.75) is 46.1 Å². The van der Waals surface area contributed by atoms with E-state index in [1.165, 1.54) is 0 Å². The molecule has 1 aliphatic heterocycles. The molecule has 5 nitrogen and oxygen atoms in total. The SMILES string of the molecule is Cc1[nH]cnc1C(=O)N1CC[C@@](C)(O)[C@@H](CC(C)C)C1. The summed E-state index contributed by atoms with van der Waals surface area (Å²) in [5.74, 6) is 0.598. The number of nitrogens with one attached hydrogen (secondary N) is 1. The molecule has 2 atom stereocenters. The van der Waals surface area contributed by atoms with Gasteiger partial charge in [0.25, 0.3) is 5.91 Å². The first-order chi connectivity index (χ1) is 9.31. The standard InChI is InChI=1S/C15H25N3O2/c1-10(2)7-12-8-18(6-5-15(12,4)20)14(19)13-11(3)16-9-17-13/h9-10,12,20H,5-8H2,1-4H3,(H,16,17)/t12-,15+/m0/s1. The second-order valence-corrected chi connectivity index (χ2v) is 6.56. The number of H-pyrrole nitrogens is 1. The summed E-state index contributed by atoms with van der Waals surface area (Å²) < 4.78 is 0. The lowest BCUT2D eigenvalue weighted by atomic mass is 9.78. The number of imidazole rings is 1. The van der Waals surface area contributed by atoms with Gasteiger partial charge in [-0.3, -0.25) is 4.79 Å². The van der Waals surface area contributed by atoms with Crippen LogP contribution in [0.4, 0.5) is 0 Å². The summed E-state index contributed by atoms with van der Waals surface area (Å²) in [5.41, 5.74) is 0.615. The van der Waals surface area contributed by atoms with Crippen LogP contribution >= 0.6 is 0 Å². The maximum atomic E-state index is 12.5. The van der Waals surface area contributed by atoms with Crippen molar-refractivity contribution in [1.82, 2.24) is 14.9 Å². The summed E-state index contributed by atoms with van der Waals surface area (Å²) in [6, 6.07) is 0. The van der Waals surface area contributed by atoms with Gasteiger partial charge in [0.05, 0.1) is 11.9 Å². The van der Waals surface area contributed by atoms with Crippen LogP contribution in [-0.4, -0.2) is 44.6 Å². The first-order valence-electron chi connectivity index (χ1n) is 7.33. The molecular weight excluding hydrogens is 254 g/mol. The lowest BCUT2D eigenvalue weighted by molar-refractivity contribution is -0.0578. The van der Waals surface area contributed by atoms with Gasteiger partial charge in [-0.05, 0) is 32.6 Å². The third-order valence-electron chi connectivity index (χ3n) is 4.28. The van der Waals surface area contributed by atoms with Gasteiger partial charge in [0.2, 0.25) is 0 Å². The second kappa shape index (κ2) is 5.56. The smallest absolute Gasteiger partial charge is 0.274 e. The third-order valence-corrected chi connectivity index (χ3v) is 4.28. The predicted molar refractivity (Wildman–Crippen MR) is 77.4 cm³/mol. The van der Waals surface area contributed by atoms with Crippen molar-refractivity contribution < 1.29 is 9.90 Å². The van der Waals surface area contributed by atoms with Gasteiger partial charge >= 0.3 is 0 Å². The second-order valence-electron chi connectivity index (χ2n) is 6.56.